The number of fused-ring (bicyclic) bond motifs is 1. The molecule has 0 saturated carbocycles. The van der Waals surface area contributed by atoms with Crippen LogP contribution >= 0.6 is 11.3 Å². The molecule has 22 heavy (non-hydrogen) atoms. The van der Waals surface area contributed by atoms with Gasteiger partial charge in [0.05, 0.1) is 0 Å². The first-order valence-corrected chi connectivity index (χ1v) is 8.58. The lowest BCUT2D eigenvalue weighted by Gasteiger charge is -2.31. The maximum Gasteiger partial charge on any atom is 0.317 e. The molecule has 0 saturated heterocycles. The number of rotatable bonds is 3. The second-order valence-corrected chi connectivity index (χ2v) is 7.41. The summed E-state index contributed by atoms with van der Waals surface area (Å²) in [6.07, 6.45) is 0.942. The van der Waals surface area contributed by atoms with E-state index in [1.165, 1.54) is 16.0 Å². The summed E-state index contributed by atoms with van der Waals surface area (Å²) in [5.41, 5.74) is 2.60. The molecule has 0 unspecified atom stereocenters. The first-order valence-electron chi connectivity index (χ1n) is 7.70. The van der Waals surface area contributed by atoms with Gasteiger partial charge in [-0.05, 0) is 29.0 Å². The molecule has 2 aromatic rings. The van der Waals surface area contributed by atoms with Crippen LogP contribution in [0.5, 0.6) is 0 Å². The summed E-state index contributed by atoms with van der Waals surface area (Å²) in [4.78, 5) is 15.7. The van der Waals surface area contributed by atoms with Gasteiger partial charge in [-0.3, -0.25) is 0 Å². The number of carbonyl (C=O) groups is 1. The molecule has 1 aromatic heterocycles. The number of hydrogen-bond acceptors (Lipinski definition) is 2. The molecule has 0 bridgehead atoms. The van der Waals surface area contributed by atoms with E-state index in [1.807, 2.05) is 11.0 Å². The summed E-state index contributed by atoms with van der Waals surface area (Å²) in [5.74, 6) is 0. The molecule has 0 spiro atoms. The Morgan fingerprint density at radius 1 is 1.23 bits per heavy atom. The molecule has 1 N–H and O–H groups in total. The van der Waals surface area contributed by atoms with Crippen molar-refractivity contribution in [3.05, 3.63) is 57.8 Å². The van der Waals surface area contributed by atoms with Crippen LogP contribution < -0.4 is 5.32 Å². The maximum absolute atomic E-state index is 12.4. The fourth-order valence-corrected chi connectivity index (χ4v) is 3.68. The third-order valence-electron chi connectivity index (χ3n) is 4.29. The van der Waals surface area contributed by atoms with Crippen LogP contribution in [0.25, 0.3) is 0 Å². The highest BCUT2D eigenvalue weighted by Gasteiger charge is 2.25. The van der Waals surface area contributed by atoms with Gasteiger partial charge in [-0.1, -0.05) is 44.2 Å². The highest BCUT2D eigenvalue weighted by Crippen LogP contribution is 2.26. The Morgan fingerprint density at radius 3 is 2.73 bits per heavy atom. The molecule has 1 aliphatic rings. The molecular weight excluding hydrogens is 292 g/mol. The third kappa shape index (κ3) is 3.17. The van der Waals surface area contributed by atoms with E-state index in [0.29, 0.717) is 13.1 Å². The summed E-state index contributed by atoms with van der Waals surface area (Å²) in [5, 5.41) is 5.19. The van der Waals surface area contributed by atoms with Crippen LogP contribution in [0.15, 0.2) is 41.8 Å². The van der Waals surface area contributed by atoms with Crippen molar-refractivity contribution in [3.8, 4) is 0 Å². The van der Waals surface area contributed by atoms with Crippen molar-refractivity contribution < 1.29 is 4.79 Å². The number of carbonyl (C=O) groups excluding carboxylic acids is 1. The van der Waals surface area contributed by atoms with Crippen molar-refractivity contribution in [2.75, 3.05) is 13.1 Å². The van der Waals surface area contributed by atoms with E-state index in [9.17, 15) is 4.79 Å². The van der Waals surface area contributed by atoms with Crippen LogP contribution in [0, 0.1) is 0 Å². The summed E-state index contributed by atoms with van der Waals surface area (Å²) in [7, 11) is 0. The smallest absolute Gasteiger partial charge is 0.317 e. The third-order valence-corrected chi connectivity index (χ3v) is 5.52. The Bertz CT molecular complexity index is 649. The van der Waals surface area contributed by atoms with Gasteiger partial charge in [-0.2, -0.15) is 0 Å². The van der Waals surface area contributed by atoms with Gasteiger partial charge in [0.1, 0.15) is 0 Å². The van der Waals surface area contributed by atoms with E-state index >= 15 is 0 Å². The molecule has 1 aromatic carbocycles. The lowest BCUT2D eigenvalue weighted by Crippen LogP contribution is -2.46. The second kappa shape index (κ2) is 6.13. The zero-order valence-corrected chi connectivity index (χ0v) is 14.0. The summed E-state index contributed by atoms with van der Waals surface area (Å²) >= 11 is 1.74. The average molecular weight is 314 g/mol. The number of urea groups is 1. The van der Waals surface area contributed by atoms with E-state index in [0.717, 1.165) is 13.0 Å². The number of amides is 2. The zero-order valence-electron chi connectivity index (χ0n) is 13.1. The van der Waals surface area contributed by atoms with Gasteiger partial charge >= 0.3 is 6.03 Å². The van der Waals surface area contributed by atoms with E-state index in [-0.39, 0.29) is 11.4 Å². The van der Waals surface area contributed by atoms with E-state index in [4.69, 9.17) is 0 Å². The van der Waals surface area contributed by atoms with Crippen molar-refractivity contribution in [3.63, 3.8) is 0 Å². The number of nitrogens with one attached hydrogen (secondary N) is 1. The molecule has 0 fully saturated rings. The van der Waals surface area contributed by atoms with Crippen LogP contribution in [0.1, 0.15) is 29.9 Å². The highest BCUT2D eigenvalue weighted by molar-refractivity contribution is 7.10. The summed E-state index contributed by atoms with van der Waals surface area (Å²) < 4.78 is 0. The zero-order chi connectivity index (χ0) is 15.6. The van der Waals surface area contributed by atoms with Crippen molar-refractivity contribution in [2.45, 2.75) is 32.2 Å². The predicted molar refractivity (Wildman–Crippen MR) is 91.3 cm³/mol. The van der Waals surface area contributed by atoms with Gasteiger partial charge in [0.15, 0.2) is 0 Å². The van der Waals surface area contributed by atoms with E-state index < -0.39 is 0 Å². The first-order chi connectivity index (χ1) is 10.6. The largest absolute Gasteiger partial charge is 0.337 e. The van der Waals surface area contributed by atoms with E-state index in [1.54, 1.807) is 11.3 Å². The van der Waals surface area contributed by atoms with Gasteiger partial charge in [0.25, 0.3) is 0 Å². The lowest BCUT2D eigenvalue weighted by molar-refractivity contribution is 0.190. The molecule has 2 amide bonds. The minimum Gasteiger partial charge on any atom is -0.337 e. The molecule has 0 atom stereocenters. The van der Waals surface area contributed by atoms with Crippen LogP contribution in [-0.4, -0.2) is 24.0 Å². The Morgan fingerprint density at radius 2 is 2.00 bits per heavy atom. The normalized spacial score (nSPS) is 14.5. The molecule has 0 aliphatic carbocycles. The quantitative estimate of drug-likeness (QED) is 0.918. The molecular formula is C18H22N2OS. The van der Waals surface area contributed by atoms with Gasteiger partial charge in [-0.25, -0.2) is 4.79 Å². The number of nitrogens with zero attached hydrogens (tertiary/aromatic N) is 1. The van der Waals surface area contributed by atoms with Crippen molar-refractivity contribution in [1.82, 2.24) is 10.2 Å². The molecule has 1 aliphatic heterocycles. The first kappa shape index (κ1) is 15.1. The molecule has 116 valence electrons. The standard InChI is InChI=1S/C18H22N2OS/c1-18(2,16-8-5-11-22-16)13-19-17(21)20-10-9-14-6-3-4-7-15(14)12-20/h3-8,11H,9-10,12-13H2,1-2H3,(H,19,21). The van der Waals surface area contributed by atoms with Crippen LogP contribution in [0.3, 0.4) is 0 Å². The predicted octanol–water partition coefficient (Wildman–Crippen LogP) is 3.79. The lowest BCUT2D eigenvalue weighted by atomic mass is 9.91. The van der Waals surface area contributed by atoms with Gasteiger partial charge in [0.2, 0.25) is 0 Å². The summed E-state index contributed by atoms with van der Waals surface area (Å²) in [6, 6.07) is 12.6. The fourth-order valence-electron chi connectivity index (χ4n) is 2.83. The fraction of sp³-hybridized carbons (Fsp3) is 0.389. The number of benzene rings is 1. The molecule has 2 heterocycles. The Labute approximate surface area is 136 Å². The SMILES string of the molecule is CC(C)(CNC(=O)N1CCc2ccccc2C1)c1cccs1. The Hall–Kier alpha value is -1.81. The monoisotopic (exact) mass is 314 g/mol. The van der Waals surface area contributed by atoms with Crippen molar-refractivity contribution >= 4 is 17.4 Å². The topological polar surface area (TPSA) is 32.3 Å². The molecule has 4 heteroatoms. The Balaban J connectivity index is 1.59. The molecule has 0 radical (unpaired) electrons. The number of hydrogen-bond donors (Lipinski definition) is 1. The second-order valence-electron chi connectivity index (χ2n) is 6.46. The number of thiophene rings is 1. The highest BCUT2D eigenvalue weighted by atomic mass is 32.1. The maximum atomic E-state index is 12.4. The van der Waals surface area contributed by atoms with Gasteiger partial charge in [-0.15, -0.1) is 11.3 Å². The van der Waals surface area contributed by atoms with Crippen molar-refractivity contribution in [2.24, 2.45) is 0 Å². The Kier molecular flexibility index (Phi) is 4.21. The van der Waals surface area contributed by atoms with Gasteiger partial charge < -0.3 is 10.2 Å². The molecule has 3 nitrogen and oxygen atoms in total. The van der Waals surface area contributed by atoms with Crippen LogP contribution in [0.4, 0.5) is 4.79 Å². The van der Waals surface area contributed by atoms with E-state index in [2.05, 4.69) is 54.9 Å². The molecule has 3 rings (SSSR count). The minimum atomic E-state index is -0.0302. The summed E-state index contributed by atoms with van der Waals surface area (Å²) in [6.45, 7) is 6.50. The van der Waals surface area contributed by atoms with Crippen LogP contribution in [-0.2, 0) is 18.4 Å². The van der Waals surface area contributed by atoms with Crippen molar-refractivity contribution in [1.29, 1.82) is 0 Å². The van der Waals surface area contributed by atoms with Gasteiger partial charge in [0, 0.05) is 29.9 Å². The minimum absolute atomic E-state index is 0.0302. The van der Waals surface area contributed by atoms with Crippen LogP contribution in [0.2, 0.25) is 0 Å². The average Bonchev–Trinajstić information content (AvgIpc) is 3.07.